The first kappa shape index (κ1) is 17.8. The number of hydrogen-bond acceptors (Lipinski definition) is 3. The van der Waals surface area contributed by atoms with E-state index >= 15 is 0 Å². The van der Waals surface area contributed by atoms with E-state index in [0.29, 0.717) is 12.1 Å². The molecule has 2 aromatic rings. The van der Waals surface area contributed by atoms with Crippen molar-refractivity contribution in [1.82, 2.24) is 9.47 Å². The van der Waals surface area contributed by atoms with Crippen molar-refractivity contribution in [2.45, 2.75) is 26.8 Å². The van der Waals surface area contributed by atoms with Crippen molar-refractivity contribution in [3.05, 3.63) is 54.4 Å². The van der Waals surface area contributed by atoms with Gasteiger partial charge in [0.25, 0.3) is 5.91 Å². The van der Waals surface area contributed by atoms with Crippen molar-refractivity contribution in [3.8, 4) is 5.69 Å². The number of esters is 1. The molecule has 0 aliphatic rings. The molecule has 1 unspecified atom stereocenters. The summed E-state index contributed by atoms with van der Waals surface area (Å²) in [4.78, 5) is 26.1. The number of carbonyl (C=O) groups excluding carboxylic acids is 2. The van der Waals surface area contributed by atoms with Gasteiger partial charge in [-0.25, -0.2) is 0 Å². The summed E-state index contributed by atoms with van der Waals surface area (Å²) < 4.78 is 6.74. The third-order valence-electron chi connectivity index (χ3n) is 3.98. The third-order valence-corrected chi connectivity index (χ3v) is 3.98. The van der Waals surface area contributed by atoms with E-state index in [2.05, 4.69) is 0 Å². The van der Waals surface area contributed by atoms with Crippen LogP contribution in [0, 0.1) is 5.92 Å². The Hall–Kier alpha value is -2.56. The SMILES string of the molecule is COC(=O)C(C)CN(C(=O)c1ccc(-n2cccc2)cc1)C(C)C. The van der Waals surface area contributed by atoms with Crippen LogP contribution in [-0.4, -0.2) is 41.0 Å². The standard InChI is InChI=1S/C19H24N2O3/c1-14(2)21(13-15(3)19(23)24-4)18(22)16-7-9-17(10-8-16)20-11-5-6-12-20/h5-12,14-15H,13H2,1-4H3. The van der Waals surface area contributed by atoms with Gasteiger partial charge >= 0.3 is 5.97 Å². The molecule has 0 spiro atoms. The molecule has 128 valence electrons. The van der Waals surface area contributed by atoms with E-state index < -0.39 is 0 Å². The van der Waals surface area contributed by atoms with Crippen molar-refractivity contribution >= 4 is 11.9 Å². The van der Waals surface area contributed by atoms with Crippen LogP contribution < -0.4 is 0 Å². The monoisotopic (exact) mass is 328 g/mol. The Morgan fingerprint density at radius 1 is 1.08 bits per heavy atom. The Kier molecular flexibility index (Phi) is 5.79. The maximum atomic E-state index is 12.8. The van der Waals surface area contributed by atoms with Gasteiger partial charge in [-0.15, -0.1) is 0 Å². The number of benzene rings is 1. The molecule has 0 aliphatic heterocycles. The molecule has 2 rings (SSSR count). The molecule has 5 heteroatoms. The summed E-state index contributed by atoms with van der Waals surface area (Å²) in [5.74, 6) is -0.753. The summed E-state index contributed by atoms with van der Waals surface area (Å²) in [6.45, 7) is 5.98. The molecule has 1 heterocycles. The van der Waals surface area contributed by atoms with Gasteiger partial charge < -0.3 is 14.2 Å². The minimum atomic E-state index is -0.361. The van der Waals surface area contributed by atoms with Crippen LogP contribution in [-0.2, 0) is 9.53 Å². The van der Waals surface area contributed by atoms with Gasteiger partial charge in [0, 0.05) is 36.2 Å². The molecule has 0 aliphatic carbocycles. The number of rotatable bonds is 6. The zero-order valence-corrected chi connectivity index (χ0v) is 14.6. The van der Waals surface area contributed by atoms with E-state index in [1.54, 1.807) is 11.8 Å². The molecule has 0 bridgehead atoms. The predicted octanol–water partition coefficient (Wildman–Crippen LogP) is 3.14. The van der Waals surface area contributed by atoms with Gasteiger partial charge in [0.15, 0.2) is 0 Å². The Balaban J connectivity index is 2.16. The Morgan fingerprint density at radius 2 is 1.67 bits per heavy atom. The average molecular weight is 328 g/mol. The minimum absolute atomic E-state index is 0.00580. The van der Waals surface area contributed by atoms with E-state index in [9.17, 15) is 9.59 Å². The van der Waals surface area contributed by atoms with Crippen LogP contribution in [0.4, 0.5) is 0 Å². The highest BCUT2D eigenvalue weighted by Crippen LogP contribution is 2.15. The van der Waals surface area contributed by atoms with Gasteiger partial charge in [-0.2, -0.15) is 0 Å². The highest BCUT2D eigenvalue weighted by atomic mass is 16.5. The van der Waals surface area contributed by atoms with E-state index in [1.165, 1.54) is 7.11 Å². The Labute approximate surface area is 142 Å². The number of amides is 1. The first-order valence-corrected chi connectivity index (χ1v) is 8.06. The van der Waals surface area contributed by atoms with Crippen LogP contribution in [0.3, 0.4) is 0 Å². The fraction of sp³-hybridized carbons (Fsp3) is 0.368. The van der Waals surface area contributed by atoms with Crippen molar-refractivity contribution < 1.29 is 14.3 Å². The number of methoxy groups -OCH3 is 1. The van der Waals surface area contributed by atoms with E-state index in [-0.39, 0.29) is 23.8 Å². The topological polar surface area (TPSA) is 51.5 Å². The normalized spacial score (nSPS) is 12.0. The molecule has 24 heavy (non-hydrogen) atoms. The summed E-state index contributed by atoms with van der Waals surface area (Å²) in [5, 5.41) is 0. The van der Waals surface area contributed by atoms with E-state index in [0.717, 1.165) is 5.69 Å². The highest BCUT2D eigenvalue weighted by molar-refractivity contribution is 5.94. The average Bonchev–Trinajstić information content (AvgIpc) is 3.12. The number of ether oxygens (including phenoxy) is 1. The van der Waals surface area contributed by atoms with Crippen LogP contribution in [0.2, 0.25) is 0 Å². The molecule has 0 radical (unpaired) electrons. The second kappa shape index (κ2) is 7.81. The number of carbonyl (C=O) groups is 2. The van der Waals surface area contributed by atoms with Gasteiger partial charge in [0.2, 0.25) is 0 Å². The molecule has 5 nitrogen and oxygen atoms in total. The Morgan fingerprint density at radius 3 is 2.17 bits per heavy atom. The number of aromatic nitrogens is 1. The zero-order chi connectivity index (χ0) is 17.7. The highest BCUT2D eigenvalue weighted by Gasteiger charge is 2.24. The van der Waals surface area contributed by atoms with Crippen LogP contribution in [0.5, 0.6) is 0 Å². The van der Waals surface area contributed by atoms with Gasteiger partial charge in [0.1, 0.15) is 0 Å². The number of nitrogens with zero attached hydrogens (tertiary/aromatic N) is 2. The maximum absolute atomic E-state index is 12.8. The minimum Gasteiger partial charge on any atom is -0.469 e. The lowest BCUT2D eigenvalue weighted by Crippen LogP contribution is -2.41. The van der Waals surface area contributed by atoms with Crippen LogP contribution in [0.15, 0.2) is 48.8 Å². The molecule has 0 N–H and O–H groups in total. The molecule has 0 fully saturated rings. The first-order chi connectivity index (χ1) is 11.4. The van der Waals surface area contributed by atoms with Crippen LogP contribution >= 0.6 is 0 Å². The molecule has 0 saturated carbocycles. The molecule has 1 amide bonds. The van der Waals surface area contributed by atoms with Gasteiger partial charge in [-0.1, -0.05) is 6.92 Å². The molecule has 1 aromatic heterocycles. The van der Waals surface area contributed by atoms with Crippen LogP contribution in [0.25, 0.3) is 5.69 Å². The summed E-state index contributed by atoms with van der Waals surface area (Å²) in [5.41, 5.74) is 1.60. The lowest BCUT2D eigenvalue weighted by atomic mass is 10.1. The molecular formula is C19H24N2O3. The van der Waals surface area contributed by atoms with Crippen LogP contribution in [0.1, 0.15) is 31.1 Å². The second-order valence-corrected chi connectivity index (χ2v) is 6.11. The summed E-state index contributed by atoms with van der Waals surface area (Å²) >= 11 is 0. The molecule has 1 aromatic carbocycles. The van der Waals surface area contributed by atoms with Crippen molar-refractivity contribution in [3.63, 3.8) is 0 Å². The smallest absolute Gasteiger partial charge is 0.310 e. The second-order valence-electron chi connectivity index (χ2n) is 6.11. The van der Waals surface area contributed by atoms with Gasteiger partial charge in [0.05, 0.1) is 13.0 Å². The summed E-state index contributed by atoms with van der Waals surface area (Å²) in [6.07, 6.45) is 3.91. The molecule has 0 saturated heterocycles. The summed E-state index contributed by atoms with van der Waals surface area (Å²) in [7, 11) is 1.36. The van der Waals surface area contributed by atoms with E-state index in [4.69, 9.17) is 4.74 Å². The van der Waals surface area contributed by atoms with Crippen molar-refractivity contribution in [1.29, 1.82) is 0 Å². The van der Waals surface area contributed by atoms with Crippen molar-refractivity contribution in [2.75, 3.05) is 13.7 Å². The quantitative estimate of drug-likeness (QED) is 0.766. The fourth-order valence-corrected chi connectivity index (χ4v) is 2.55. The fourth-order valence-electron chi connectivity index (χ4n) is 2.55. The van der Waals surface area contributed by atoms with Gasteiger partial charge in [-0.05, 0) is 50.2 Å². The number of hydrogen-bond donors (Lipinski definition) is 0. The largest absolute Gasteiger partial charge is 0.469 e. The molecule has 1 atom stereocenters. The zero-order valence-electron chi connectivity index (χ0n) is 14.6. The van der Waals surface area contributed by atoms with Gasteiger partial charge in [-0.3, -0.25) is 9.59 Å². The van der Waals surface area contributed by atoms with E-state index in [1.807, 2.05) is 67.2 Å². The third kappa shape index (κ3) is 4.04. The lowest BCUT2D eigenvalue weighted by Gasteiger charge is -2.29. The summed E-state index contributed by atoms with van der Waals surface area (Å²) in [6, 6.07) is 11.4. The first-order valence-electron chi connectivity index (χ1n) is 8.06. The lowest BCUT2D eigenvalue weighted by molar-refractivity contribution is -0.145. The van der Waals surface area contributed by atoms with Crippen molar-refractivity contribution in [2.24, 2.45) is 5.92 Å². The maximum Gasteiger partial charge on any atom is 0.310 e. The molecular weight excluding hydrogens is 304 g/mol. The predicted molar refractivity (Wildman–Crippen MR) is 93.1 cm³/mol. The Bertz CT molecular complexity index is 675.